The van der Waals surface area contributed by atoms with E-state index in [0.29, 0.717) is 12.3 Å². The van der Waals surface area contributed by atoms with Crippen molar-refractivity contribution < 1.29 is 19.4 Å². The van der Waals surface area contributed by atoms with Crippen molar-refractivity contribution in [3.8, 4) is 5.75 Å². The molecule has 0 bridgehead atoms. The molecular weight excluding hydrogens is 342 g/mol. The largest absolute Gasteiger partial charge is 0.494 e. The molecule has 0 aromatic heterocycles. The van der Waals surface area contributed by atoms with Gasteiger partial charge in [0.2, 0.25) is 6.41 Å². The van der Waals surface area contributed by atoms with Crippen LogP contribution >= 0.6 is 0 Å². The number of amides is 1. The van der Waals surface area contributed by atoms with Crippen molar-refractivity contribution in [3.63, 3.8) is 0 Å². The molecule has 5 heteroatoms. The minimum atomic E-state index is -0.250. The highest BCUT2D eigenvalue weighted by Gasteiger charge is 2.03. The van der Waals surface area contributed by atoms with E-state index in [4.69, 9.17) is 14.6 Å². The normalized spacial score (nSPS) is 9.30. The Labute approximate surface area is 162 Å². The van der Waals surface area contributed by atoms with E-state index in [1.54, 1.807) is 0 Å². The lowest BCUT2D eigenvalue weighted by Gasteiger charge is -2.11. The van der Waals surface area contributed by atoms with E-state index >= 15 is 0 Å². The second kappa shape index (κ2) is 13.4. The predicted molar refractivity (Wildman–Crippen MR) is 111 cm³/mol. The van der Waals surface area contributed by atoms with Gasteiger partial charge in [-0.2, -0.15) is 0 Å². The summed E-state index contributed by atoms with van der Waals surface area (Å²) in [4.78, 5) is 18.5. The molecule has 2 aromatic carbocycles. The van der Waals surface area contributed by atoms with Gasteiger partial charge in [0, 0.05) is 5.69 Å². The summed E-state index contributed by atoms with van der Waals surface area (Å²) in [6.45, 7) is 13.0. The summed E-state index contributed by atoms with van der Waals surface area (Å²) in [7, 11) is 0. The van der Waals surface area contributed by atoms with Crippen LogP contribution in [-0.2, 0) is 9.59 Å². The molecule has 148 valence electrons. The van der Waals surface area contributed by atoms with Crippen LogP contribution in [0.5, 0.6) is 5.75 Å². The van der Waals surface area contributed by atoms with E-state index in [0.717, 1.165) is 29.2 Å². The number of nitrogens with one attached hydrogen (secondary N) is 1. The van der Waals surface area contributed by atoms with Crippen LogP contribution in [0, 0.1) is 20.8 Å². The van der Waals surface area contributed by atoms with Crippen LogP contribution in [0.25, 0.3) is 0 Å². The Morgan fingerprint density at radius 2 is 1.67 bits per heavy atom. The summed E-state index contributed by atoms with van der Waals surface area (Å²) in [6.07, 6.45) is 0.696. The van der Waals surface area contributed by atoms with E-state index in [9.17, 15) is 4.79 Å². The first-order valence-electron chi connectivity index (χ1n) is 8.89. The van der Waals surface area contributed by atoms with Gasteiger partial charge >= 0.3 is 0 Å². The van der Waals surface area contributed by atoms with Gasteiger partial charge in [-0.3, -0.25) is 9.59 Å². The fourth-order valence-electron chi connectivity index (χ4n) is 2.51. The number of hydrogen-bond acceptors (Lipinski definition) is 3. The Morgan fingerprint density at radius 1 is 1.04 bits per heavy atom. The molecule has 0 saturated carbocycles. The van der Waals surface area contributed by atoms with Crippen molar-refractivity contribution in [1.82, 2.24) is 0 Å². The van der Waals surface area contributed by atoms with E-state index in [1.807, 2.05) is 45.0 Å². The smallest absolute Gasteiger partial charge is 0.290 e. The molecule has 0 spiro atoms. The third-order valence-electron chi connectivity index (χ3n) is 3.78. The molecule has 27 heavy (non-hydrogen) atoms. The van der Waals surface area contributed by atoms with E-state index in [1.165, 1.54) is 11.1 Å². The zero-order valence-electron chi connectivity index (χ0n) is 17.1. The lowest BCUT2D eigenvalue weighted by atomic mass is 9.98. The Morgan fingerprint density at radius 3 is 2.15 bits per heavy atom. The summed E-state index contributed by atoms with van der Waals surface area (Å²) >= 11 is 0. The number of ether oxygens (including phenoxy) is 1. The summed E-state index contributed by atoms with van der Waals surface area (Å²) < 4.78 is 5.42. The van der Waals surface area contributed by atoms with Gasteiger partial charge in [-0.15, -0.1) is 0 Å². The van der Waals surface area contributed by atoms with Gasteiger partial charge < -0.3 is 15.2 Å². The molecule has 0 fully saturated rings. The molecule has 0 atom stereocenters. The highest BCUT2D eigenvalue weighted by atomic mass is 16.5. The summed E-state index contributed by atoms with van der Waals surface area (Å²) in [5, 5.41) is 9.52. The van der Waals surface area contributed by atoms with Gasteiger partial charge in [0.05, 0.1) is 6.61 Å². The lowest BCUT2D eigenvalue weighted by molar-refractivity contribution is -0.122. The zero-order chi connectivity index (χ0) is 20.8. The van der Waals surface area contributed by atoms with Gasteiger partial charge in [0.15, 0.2) is 0 Å². The van der Waals surface area contributed by atoms with Gasteiger partial charge in [-0.25, -0.2) is 0 Å². The van der Waals surface area contributed by atoms with Crippen LogP contribution < -0.4 is 10.1 Å². The fourth-order valence-corrected chi connectivity index (χ4v) is 2.51. The van der Waals surface area contributed by atoms with Gasteiger partial charge in [-0.1, -0.05) is 32.0 Å². The number of carbonyl (C=O) groups is 2. The maximum absolute atomic E-state index is 10.1. The first-order valence-corrected chi connectivity index (χ1v) is 8.89. The lowest BCUT2D eigenvalue weighted by Crippen LogP contribution is -1.96. The average molecular weight is 373 g/mol. The van der Waals surface area contributed by atoms with Crippen molar-refractivity contribution in [2.45, 2.75) is 47.5 Å². The zero-order valence-corrected chi connectivity index (χ0v) is 17.1. The SMILES string of the molecule is CCOc1ccc(C(C)C)c(C)c1.Cc1ccc(C)c(NC=O)c1.O=CO. The quantitative estimate of drug-likeness (QED) is 0.716. The number of aryl methyl sites for hydroxylation is 3. The maximum Gasteiger partial charge on any atom is 0.290 e. The Kier molecular flexibility index (Phi) is 12.0. The molecule has 0 aliphatic rings. The fraction of sp³-hybridized carbons (Fsp3) is 0.364. The molecule has 2 aromatic rings. The van der Waals surface area contributed by atoms with Crippen molar-refractivity contribution in [3.05, 3.63) is 58.7 Å². The predicted octanol–water partition coefficient (Wildman–Crippen LogP) is 5.09. The average Bonchev–Trinajstić information content (AvgIpc) is 2.60. The minimum absolute atomic E-state index is 0.250. The Hall–Kier alpha value is -2.82. The highest BCUT2D eigenvalue weighted by Crippen LogP contribution is 2.23. The van der Waals surface area contributed by atoms with Crippen LogP contribution in [0.1, 0.15) is 48.9 Å². The van der Waals surface area contributed by atoms with Crippen LogP contribution in [0.3, 0.4) is 0 Å². The summed E-state index contributed by atoms with van der Waals surface area (Å²) in [5.74, 6) is 1.57. The minimum Gasteiger partial charge on any atom is -0.494 e. The van der Waals surface area contributed by atoms with E-state index in [-0.39, 0.29) is 6.47 Å². The third kappa shape index (κ3) is 9.45. The molecule has 0 saturated heterocycles. The summed E-state index contributed by atoms with van der Waals surface area (Å²) in [5.41, 5.74) is 5.85. The monoisotopic (exact) mass is 373 g/mol. The van der Waals surface area contributed by atoms with Crippen LogP contribution in [-0.4, -0.2) is 24.6 Å². The molecule has 2 N–H and O–H groups in total. The molecule has 1 amide bonds. The van der Waals surface area contributed by atoms with Crippen molar-refractivity contribution in [2.75, 3.05) is 11.9 Å². The number of benzene rings is 2. The standard InChI is InChI=1S/C12H18O.C9H11NO.CH2O2/c1-5-13-11-6-7-12(9(2)3)10(4)8-11;1-7-3-4-8(2)9(5-7)10-6-11;2-1-3/h6-9H,5H2,1-4H3;3-6H,1-2H3,(H,10,11);1H,(H,2,3). The number of rotatable bonds is 5. The first kappa shape index (κ1) is 24.2. The van der Waals surface area contributed by atoms with Crippen LogP contribution in [0.4, 0.5) is 5.69 Å². The summed E-state index contributed by atoms with van der Waals surface area (Å²) in [6, 6.07) is 12.3. The first-order chi connectivity index (χ1) is 12.8. The second-order valence-electron chi connectivity index (χ2n) is 6.29. The number of hydrogen-bond donors (Lipinski definition) is 2. The van der Waals surface area contributed by atoms with Crippen molar-refractivity contribution >= 4 is 18.6 Å². The Balaban J connectivity index is 0.000000442. The molecular formula is C22H31NO4. The van der Waals surface area contributed by atoms with Crippen molar-refractivity contribution in [1.29, 1.82) is 0 Å². The van der Waals surface area contributed by atoms with Gasteiger partial charge in [-0.05, 0) is 74.1 Å². The van der Waals surface area contributed by atoms with Gasteiger partial charge in [0.1, 0.15) is 5.75 Å². The number of carbonyl (C=O) groups excluding carboxylic acids is 1. The number of anilines is 1. The highest BCUT2D eigenvalue weighted by molar-refractivity contribution is 5.73. The molecule has 0 radical (unpaired) electrons. The van der Waals surface area contributed by atoms with E-state index in [2.05, 4.69) is 38.2 Å². The molecule has 5 nitrogen and oxygen atoms in total. The topological polar surface area (TPSA) is 75.6 Å². The molecule has 0 aliphatic carbocycles. The Bertz CT molecular complexity index is 711. The third-order valence-corrected chi connectivity index (χ3v) is 3.78. The van der Waals surface area contributed by atoms with E-state index < -0.39 is 0 Å². The molecule has 0 unspecified atom stereocenters. The van der Waals surface area contributed by atoms with Gasteiger partial charge in [0.25, 0.3) is 6.47 Å². The second-order valence-corrected chi connectivity index (χ2v) is 6.29. The molecule has 0 heterocycles. The molecule has 0 aliphatic heterocycles. The molecule has 2 rings (SSSR count). The number of carboxylic acid groups (broad SMARTS) is 1. The van der Waals surface area contributed by atoms with Crippen molar-refractivity contribution in [2.24, 2.45) is 0 Å². The van der Waals surface area contributed by atoms with Crippen LogP contribution in [0.2, 0.25) is 0 Å². The maximum atomic E-state index is 10.1. The van der Waals surface area contributed by atoms with Crippen LogP contribution in [0.15, 0.2) is 36.4 Å².